The summed E-state index contributed by atoms with van der Waals surface area (Å²) in [6.07, 6.45) is 0. The number of carbonyl (C=O) groups excluding carboxylic acids is 1. The number of aryl methyl sites for hydroxylation is 1. The van der Waals surface area contributed by atoms with Crippen molar-refractivity contribution in [2.24, 2.45) is 0 Å². The lowest BCUT2D eigenvalue weighted by Gasteiger charge is -2.05. The van der Waals surface area contributed by atoms with Crippen molar-refractivity contribution in [3.63, 3.8) is 0 Å². The van der Waals surface area contributed by atoms with Crippen LogP contribution in [0.15, 0.2) is 34.8 Å². The number of halogens is 1. The van der Waals surface area contributed by atoms with Crippen molar-refractivity contribution in [3.05, 3.63) is 47.5 Å². The predicted molar refractivity (Wildman–Crippen MR) is 78.9 cm³/mol. The highest BCUT2D eigenvalue weighted by Gasteiger charge is 2.17. The Kier molecular flexibility index (Phi) is 4.75. The lowest BCUT2D eigenvalue weighted by molar-refractivity contribution is 0.0901. The maximum Gasteiger partial charge on any atom is 0.287 e. The summed E-state index contributed by atoms with van der Waals surface area (Å²) >= 11 is 0. The summed E-state index contributed by atoms with van der Waals surface area (Å²) in [5.74, 6) is -0.481. The Morgan fingerprint density at radius 1 is 1.48 bits per heavy atom. The molecular formula is C16H18FNO3. The summed E-state index contributed by atoms with van der Waals surface area (Å²) in [7, 11) is 0. The number of fused-ring (bicyclic) bond motifs is 1. The van der Waals surface area contributed by atoms with Crippen LogP contribution in [-0.4, -0.2) is 25.7 Å². The van der Waals surface area contributed by atoms with Crippen LogP contribution in [0.25, 0.3) is 11.0 Å². The van der Waals surface area contributed by atoms with E-state index in [1.165, 1.54) is 18.2 Å². The monoisotopic (exact) mass is 291 g/mol. The highest BCUT2D eigenvalue weighted by atomic mass is 19.1. The fraction of sp³-hybridized carbons (Fsp3) is 0.312. The van der Waals surface area contributed by atoms with E-state index in [1.54, 1.807) is 6.92 Å². The number of carbonyl (C=O) groups is 1. The minimum absolute atomic E-state index is 0.204. The number of nitrogens with one attached hydrogen (secondary N) is 1. The van der Waals surface area contributed by atoms with Gasteiger partial charge < -0.3 is 14.5 Å². The van der Waals surface area contributed by atoms with E-state index in [1.807, 2.05) is 6.92 Å². The van der Waals surface area contributed by atoms with E-state index < -0.39 is 0 Å². The van der Waals surface area contributed by atoms with E-state index >= 15 is 0 Å². The van der Waals surface area contributed by atoms with Gasteiger partial charge in [-0.1, -0.05) is 12.2 Å². The van der Waals surface area contributed by atoms with Gasteiger partial charge in [-0.15, -0.1) is 0 Å². The lowest BCUT2D eigenvalue weighted by atomic mass is 10.1. The summed E-state index contributed by atoms with van der Waals surface area (Å²) in [4.78, 5) is 12.0. The van der Waals surface area contributed by atoms with Crippen molar-refractivity contribution < 1.29 is 18.3 Å². The molecule has 0 saturated heterocycles. The van der Waals surface area contributed by atoms with E-state index in [2.05, 4.69) is 11.9 Å². The number of hydrogen-bond donors (Lipinski definition) is 1. The van der Waals surface area contributed by atoms with Gasteiger partial charge in [0.15, 0.2) is 5.76 Å². The van der Waals surface area contributed by atoms with Crippen LogP contribution in [0.5, 0.6) is 0 Å². The van der Waals surface area contributed by atoms with Gasteiger partial charge in [-0.2, -0.15) is 0 Å². The molecule has 2 rings (SSSR count). The topological polar surface area (TPSA) is 51.5 Å². The molecule has 0 aliphatic heterocycles. The Morgan fingerprint density at radius 2 is 2.24 bits per heavy atom. The van der Waals surface area contributed by atoms with Crippen LogP contribution in [0.4, 0.5) is 4.39 Å². The molecule has 1 aromatic carbocycles. The fourth-order valence-corrected chi connectivity index (χ4v) is 1.97. The Bertz CT molecular complexity index is 675. The van der Waals surface area contributed by atoms with Crippen LogP contribution in [-0.2, 0) is 4.74 Å². The third kappa shape index (κ3) is 3.70. The van der Waals surface area contributed by atoms with Crippen LogP contribution in [0, 0.1) is 12.7 Å². The molecule has 2 aromatic rings. The second-order valence-corrected chi connectivity index (χ2v) is 4.96. The summed E-state index contributed by atoms with van der Waals surface area (Å²) < 4.78 is 24.0. The molecule has 0 atom stereocenters. The SMILES string of the molecule is C=C(C)COCCNC(=O)c1oc2ccc(F)cc2c1C. The first kappa shape index (κ1) is 15.3. The standard InChI is InChI=1S/C16H18FNO3/c1-10(2)9-20-7-6-18-16(19)15-11(3)13-8-12(17)4-5-14(13)21-15/h4-5,8H,1,6-7,9H2,2-3H3,(H,18,19). The summed E-state index contributed by atoms with van der Waals surface area (Å²) in [6, 6.07) is 4.18. The molecule has 1 amide bonds. The second-order valence-electron chi connectivity index (χ2n) is 4.96. The molecule has 4 nitrogen and oxygen atoms in total. The smallest absolute Gasteiger partial charge is 0.287 e. The van der Waals surface area contributed by atoms with E-state index in [-0.39, 0.29) is 17.5 Å². The van der Waals surface area contributed by atoms with E-state index in [4.69, 9.17) is 9.15 Å². The molecule has 112 valence electrons. The van der Waals surface area contributed by atoms with Crippen LogP contribution < -0.4 is 5.32 Å². The molecule has 0 saturated carbocycles. The molecule has 1 heterocycles. The Hall–Kier alpha value is -2.14. The molecule has 0 fully saturated rings. The number of amides is 1. The van der Waals surface area contributed by atoms with E-state index in [0.29, 0.717) is 36.3 Å². The lowest BCUT2D eigenvalue weighted by Crippen LogP contribution is -2.27. The van der Waals surface area contributed by atoms with Gasteiger partial charge in [0.1, 0.15) is 11.4 Å². The summed E-state index contributed by atoms with van der Waals surface area (Å²) in [5, 5.41) is 3.32. The van der Waals surface area contributed by atoms with Crippen molar-refractivity contribution in [2.75, 3.05) is 19.8 Å². The normalized spacial score (nSPS) is 10.8. The molecule has 1 N–H and O–H groups in total. The summed E-state index contributed by atoms with van der Waals surface area (Å²) in [5.41, 5.74) is 2.05. The maximum atomic E-state index is 13.2. The van der Waals surface area contributed by atoms with Gasteiger partial charge in [0.2, 0.25) is 0 Å². The van der Waals surface area contributed by atoms with Crippen LogP contribution in [0.2, 0.25) is 0 Å². The van der Waals surface area contributed by atoms with E-state index in [0.717, 1.165) is 5.57 Å². The average molecular weight is 291 g/mol. The number of hydrogen-bond acceptors (Lipinski definition) is 3. The molecule has 0 radical (unpaired) electrons. The zero-order valence-electron chi connectivity index (χ0n) is 12.2. The second kappa shape index (κ2) is 6.54. The highest BCUT2D eigenvalue weighted by molar-refractivity contribution is 5.98. The first-order chi connectivity index (χ1) is 9.99. The molecule has 0 spiro atoms. The molecule has 1 aromatic heterocycles. The van der Waals surface area contributed by atoms with Crippen molar-refractivity contribution in [3.8, 4) is 0 Å². The predicted octanol–water partition coefficient (Wildman–Crippen LogP) is 3.20. The highest BCUT2D eigenvalue weighted by Crippen LogP contribution is 2.25. The van der Waals surface area contributed by atoms with Crippen LogP contribution in [0.3, 0.4) is 0 Å². The molecular weight excluding hydrogens is 273 g/mol. The Balaban J connectivity index is 1.99. The third-order valence-electron chi connectivity index (χ3n) is 2.98. The van der Waals surface area contributed by atoms with Crippen molar-refractivity contribution in [2.45, 2.75) is 13.8 Å². The minimum atomic E-state index is -0.355. The molecule has 0 unspecified atom stereocenters. The quantitative estimate of drug-likeness (QED) is 0.657. The van der Waals surface area contributed by atoms with Crippen molar-refractivity contribution in [1.29, 1.82) is 0 Å². The van der Waals surface area contributed by atoms with Gasteiger partial charge in [-0.3, -0.25) is 4.79 Å². The van der Waals surface area contributed by atoms with Gasteiger partial charge >= 0.3 is 0 Å². The molecule has 0 aliphatic rings. The van der Waals surface area contributed by atoms with Crippen LogP contribution in [0.1, 0.15) is 23.0 Å². The number of rotatable bonds is 6. The Morgan fingerprint density at radius 3 is 2.95 bits per heavy atom. The maximum absolute atomic E-state index is 13.2. The van der Waals surface area contributed by atoms with Gasteiger partial charge in [0, 0.05) is 17.5 Å². The fourth-order valence-electron chi connectivity index (χ4n) is 1.97. The Labute approximate surface area is 122 Å². The first-order valence-corrected chi connectivity index (χ1v) is 6.68. The zero-order valence-corrected chi connectivity index (χ0v) is 12.2. The van der Waals surface area contributed by atoms with E-state index in [9.17, 15) is 9.18 Å². The first-order valence-electron chi connectivity index (χ1n) is 6.68. The molecule has 21 heavy (non-hydrogen) atoms. The number of ether oxygens (including phenoxy) is 1. The zero-order chi connectivity index (χ0) is 15.4. The summed E-state index contributed by atoms with van der Waals surface area (Å²) in [6.45, 7) is 8.56. The van der Waals surface area contributed by atoms with Crippen molar-refractivity contribution >= 4 is 16.9 Å². The number of furan rings is 1. The third-order valence-corrected chi connectivity index (χ3v) is 2.98. The van der Waals surface area contributed by atoms with Gasteiger partial charge in [-0.05, 0) is 32.0 Å². The molecule has 0 aliphatic carbocycles. The number of benzene rings is 1. The molecule has 5 heteroatoms. The largest absolute Gasteiger partial charge is 0.451 e. The average Bonchev–Trinajstić information content (AvgIpc) is 2.75. The molecule has 0 bridgehead atoms. The van der Waals surface area contributed by atoms with Gasteiger partial charge in [0.05, 0.1) is 13.2 Å². The van der Waals surface area contributed by atoms with Gasteiger partial charge in [0.25, 0.3) is 5.91 Å². The van der Waals surface area contributed by atoms with Gasteiger partial charge in [-0.25, -0.2) is 4.39 Å². The van der Waals surface area contributed by atoms with Crippen molar-refractivity contribution in [1.82, 2.24) is 5.32 Å². The van der Waals surface area contributed by atoms with Crippen LogP contribution >= 0.6 is 0 Å². The minimum Gasteiger partial charge on any atom is -0.451 e.